The van der Waals surface area contributed by atoms with Gasteiger partial charge < -0.3 is 11.1 Å². The van der Waals surface area contributed by atoms with E-state index in [2.05, 4.69) is 39.3 Å². The molecule has 0 radical (unpaired) electrons. The first-order valence-corrected chi connectivity index (χ1v) is 11.3. The number of pyridine rings is 2. The molecule has 0 bridgehead atoms. The fraction of sp³-hybridized carbons (Fsp3) is 0.185. The van der Waals surface area contributed by atoms with E-state index in [4.69, 9.17) is 10.7 Å². The van der Waals surface area contributed by atoms with Crippen LogP contribution in [0.15, 0.2) is 72.1 Å². The molecule has 0 spiro atoms. The summed E-state index contributed by atoms with van der Waals surface area (Å²) in [6.45, 7) is 6.24. The number of aliphatic imine (C=N–C) groups is 1. The standard InChI is InChI=1S/C27H27N7O/c1-17(2)21-11-27(34-31-16-21)33-26-9-8-24-25(32-26)10-22(15-30-24)23(12-28)14-29-13-19-4-6-20(7-5-19)18(3)35/h4-12,14-17H,13,28H2,1-3H3,(H,32,33,34). The lowest BCUT2D eigenvalue weighted by Crippen LogP contribution is -2.00. The molecule has 8 nitrogen and oxygen atoms in total. The van der Waals surface area contributed by atoms with Crippen molar-refractivity contribution in [3.05, 3.63) is 89.4 Å². The lowest BCUT2D eigenvalue weighted by molar-refractivity contribution is 0.101. The molecule has 0 aliphatic heterocycles. The zero-order valence-electron chi connectivity index (χ0n) is 19.9. The van der Waals surface area contributed by atoms with Crippen molar-refractivity contribution >= 4 is 40.2 Å². The molecule has 0 aliphatic carbocycles. The van der Waals surface area contributed by atoms with Gasteiger partial charge in [0.2, 0.25) is 0 Å². The second kappa shape index (κ2) is 10.6. The molecule has 4 rings (SSSR count). The van der Waals surface area contributed by atoms with Crippen LogP contribution in [0.5, 0.6) is 0 Å². The zero-order valence-corrected chi connectivity index (χ0v) is 19.9. The van der Waals surface area contributed by atoms with Gasteiger partial charge in [0.05, 0.1) is 23.8 Å². The predicted molar refractivity (Wildman–Crippen MR) is 140 cm³/mol. The van der Waals surface area contributed by atoms with E-state index in [0.29, 0.717) is 35.2 Å². The molecule has 4 aromatic rings. The highest BCUT2D eigenvalue weighted by Crippen LogP contribution is 2.22. The smallest absolute Gasteiger partial charge is 0.159 e. The van der Waals surface area contributed by atoms with Gasteiger partial charge in [-0.3, -0.25) is 14.8 Å². The number of nitrogens with one attached hydrogen (secondary N) is 1. The quantitative estimate of drug-likeness (QED) is 0.276. The second-order valence-corrected chi connectivity index (χ2v) is 8.46. The minimum atomic E-state index is 0.0428. The summed E-state index contributed by atoms with van der Waals surface area (Å²) in [5.41, 5.74) is 11.7. The summed E-state index contributed by atoms with van der Waals surface area (Å²) >= 11 is 0. The molecule has 3 aromatic heterocycles. The van der Waals surface area contributed by atoms with Crippen molar-refractivity contribution in [3.63, 3.8) is 0 Å². The van der Waals surface area contributed by atoms with Gasteiger partial charge in [0, 0.05) is 35.3 Å². The number of benzene rings is 1. The van der Waals surface area contributed by atoms with Crippen molar-refractivity contribution in [1.82, 2.24) is 20.2 Å². The molecule has 3 N–H and O–H groups in total. The first kappa shape index (κ1) is 23.7. The molecule has 0 atom stereocenters. The number of hydrogen-bond acceptors (Lipinski definition) is 8. The third-order valence-electron chi connectivity index (χ3n) is 5.51. The van der Waals surface area contributed by atoms with Crippen LogP contribution in [-0.4, -0.2) is 32.2 Å². The van der Waals surface area contributed by atoms with Crippen molar-refractivity contribution in [3.8, 4) is 0 Å². The SMILES string of the molecule is CC(=O)c1ccc(CN=CC(=CN)c2cnc3ccc(Nc4cc(C(C)C)cnn4)nc3c2)cc1. The van der Waals surface area contributed by atoms with Gasteiger partial charge in [0.25, 0.3) is 0 Å². The van der Waals surface area contributed by atoms with Gasteiger partial charge in [-0.05, 0) is 48.2 Å². The number of nitrogens with two attached hydrogens (primary N) is 1. The Bertz CT molecular complexity index is 1410. The van der Waals surface area contributed by atoms with E-state index in [1.807, 2.05) is 48.5 Å². The molecular formula is C27H27N7O. The largest absolute Gasteiger partial charge is 0.404 e. The van der Waals surface area contributed by atoms with Crippen LogP contribution in [0.25, 0.3) is 16.6 Å². The van der Waals surface area contributed by atoms with Crippen molar-refractivity contribution in [2.75, 3.05) is 5.32 Å². The fourth-order valence-corrected chi connectivity index (χ4v) is 3.43. The van der Waals surface area contributed by atoms with Crippen molar-refractivity contribution in [1.29, 1.82) is 0 Å². The molecule has 0 saturated heterocycles. The van der Waals surface area contributed by atoms with Gasteiger partial charge >= 0.3 is 0 Å². The first-order chi connectivity index (χ1) is 16.9. The molecule has 35 heavy (non-hydrogen) atoms. The summed E-state index contributed by atoms with van der Waals surface area (Å²) < 4.78 is 0. The predicted octanol–water partition coefficient (Wildman–Crippen LogP) is 5.06. The van der Waals surface area contributed by atoms with Gasteiger partial charge in [-0.1, -0.05) is 38.1 Å². The maximum atomic E-state index is 11.4. The summed E-state index contributed by atoms with van der Waals surface area (Å²) in [6, 6.07) is 15.1. The number of carbonyl (C=O) groups excluding carboxylic acids is 1. The minimum absolute atomic E-state index is 0.0428. The highest BCUT2D eigenvalue weighted by atomic mass is 16.1. The number of carbonyl (C=O) groups is 1. The molecule has 0 fully saturated rings. The molecular weight excluding hydrogens is 438 g/mol. The van der Waals surface area contributed by atoms with E-state index in [1.165, 1.54) is 6.20 Å². The van der Waals surface area contributed by atoms with Crippen LogP contribution >= 0.6 is 0 Å². The zero-order chi connectivity index (χ0) is 24.8. The molecule has 176 valence electrons. The Morgan fingerprint density at radius 3 is 2.54 bits per heavy atom. The van der Waals surface area contributed by atoms with Gasteiger partial charge in [-0.2, -0.15) is 5.10 Å². The van der Waals surface area contributed by atoms with Crippen LogP contribution in [0.2, 0.25) is 0 Å². The molecule has 3 heterocycles. The van der Waals surface area contributed by atoms with Gasteiger partial charge in [-0.15, -0.1) is 5.10 Å². The Balaban J connectivity index is 1.51. The highest BCUT2D eigenvalue weighted by molar-refractivity contribution is 6.10. The van der Waals surface area contributed by atoms with E-state index in [9.17, 15) is 4.79 Å². The lowest BCUT2D eigenvalue weighted by Gasteiger charge is -2.09. The Kier molecular flexibility index (Phi) is 7.21. The summed E-state index contributed by atoms with van der Waals surface area (Å²) in [7, 11) is 0. The van der Waals surface area contributed by atoms with Gasteiger partial charge in [-0.25, -0.2) is 4.98 Å². The van der Waals surface area contributed by atoms with E-state index in [0.717, 1.165) is 27.8 Å². The van der Waals surface area contributed by atoms with Crippen LogP contribution in [0.4, 0.5) is 11.6 Å². The van der Waals surface area contributed by atoms with Gasteiger partial charge in [0.15, 0.2) is 11.6 Å². The summed E-state index contributed by atoms with van der Waals surface area (Å²) in [5, 5.41) is 11.4. The lowest BCUT2D eigenvalue weighted by atomic mass is 10.1. The van der Waals surface area contributed by atoms with Crippen LogP contribution in [0, 0.1) is 0 Å². The number of aromatic nitrogens is 4. The van der Waals surface area contributed by atoms with Crippen molar-refractivity contribution < 1.29 is 4.79 Å². The number of hydrogen-bond donors (Lipinski definition) is 2. The number of allylic oxidation sites excluding steroid dienone is 1. The molecule has 1 aromatic carbocycles. The van der Waals surface area contributed by atoms with Crippen LogP contribution in [0.3, 0.4) is 0 Å². The van der Waals surface area contributed by atoms with E-state index < -0.39 is 0 Å². The van der Waals surface area contributed by atoms with Crippen molar-refractivity contribution in [2.24, 2.45) is 10.7 Å². The number of rotatable bonds is 8. The Hall–Kier alpha value is -4.46. The maximum absolute atomic E-state index is 11.4. The molecule has 0 saturated carbocycles. The number of Topliss-reactive ketones (excluding diaryl/α,β-unsaturated/α-hetero) is 1. The van der Waals surface area contributed by atoms with Crippen LogP contribution in [-0.2, 0) is 6.54 Å². The number of nitrogens with zero attached hydrogens (tertiary/aromatic N) is 5. The maximum Gasteiger partial charge on any atom is 0.159 e. The topological polar surface area (TPSA) is 119 Å². The third kappa shape index (κ3) is 5.92. The van der Waals surface area contributed by atoms with Crippen molar-refractivity contribution in [2.45, 2.75) is 33.2 Å². The van der Waals surface area contributed by atoms with E-state index >= 15 is 0 Å². The monoisotopic (exact) mass is 465 g/mol. The molecule has 0 unspecified atom stereocenters. The number of ketones is 1. The molecule has 0 aliphatic rings. The highest BCUT2D eigenvalue weighted by Gasteiger charge is 2.07. The summed E-state index contributed by atoms with van der Waals surface area (Å²) in [4.78, 5) is 25.1. The van der Waals surface area contributed by atoms with Crippen LogP contribution < -0.4 is 11.1 Å². The fourth-order valence-electron chi connectivity index (χ4n) is 3.43. The molecule has 8 heteroatoms. The first-order valence-electron chi connectivity index (χ1n) is 11.3. The minimum Gasteiger partial charge on any atom is -0.404 e. The average molecular weight is 466 g/mol. The van der Waals surface area contributed by atoms with Gasteiger partial charge in [0.1, 0.15) is 5.82 Å². The number of fused-ring (bicyclic) bond motifs is 1. The average Bonchev–Trinajstić information content (AvgIpc) is 2.86. The van der Waals surface area contributed by atoms with Crippen LogP contribution in [0.1, 0.15) is 53.7 Å². The van der Waals surface area contributed by atoms with E-state index in [1.54, 1.807) is 25.5 Å². The normalized spacial score (nSPS) is 11.9. The summed E-state index contributed by atoms with van der Waals surface area (Å²) in [5.74, 6) is 1.68. The number of anilines is 2. The Labute approximate surface area is 204 Å². The third-order valence-corrected chi connectivity index (χ3v) is 5.51. The Morgan fingerprint density at radius 2 is 1.83 bits per heavy atom. The molecule has 0 amide bonds. The summed E-state index contributed by atoms with van der Waals surface area (Å²) in [6.07, 6.45) is 6.74. The Morgan fingerprint density at radius 1 is 1.03 bits per heavy atom. The second-order valence-electron chi connectivity index (χ2n) is 8.46. The van der Waals surface area contributed by atoms with E-state index in [-0.39, 0.29) is 5.78 Å².